The summed E-state index contributed by atoms with van der Waals surface area (Å²) in [4.78, 5) is 12.2. The fourth-order valence-electron chi connectivity index (χ4n) is 2.95. The number of anilines is 1. The Hall–Kier alpha value is -3.27. The number of ether oxygens (including phenoxy) is 1. The molecule has 4 heteroatoms. The monoisotopic (exact) mass is 345 g/mol. The second-order valence-corrected chi connectivity index (χ2v) is 6.39. The van der Waals surface area contributed by atoms with Crippen LogP contribution in [-0.4, -0.2) is 12.5 Å². The van der Waals surface area contributed by atoms with E-state index < -0.39 is 0 Å². The van der Waals surface area contributed by atoms with Gasteiger partial charge < -0.3 is 14.5 Å². The third-order valence-electron chi connectivity index (χ3n) is 4.51. The Morgan fingerprint density at radius 3 is 2.58 bits per heavy atom. The van der Waals surface area contributed by atoms with Gasteiger partial charge in [-0.2, -0.15) is 0 Å². The number of nitrogens with one attached hydrogen (secondary N) is 1. The second kappa shape index (κ2) is 6.56. The maximum atomic E-state index is 12.2. The minimum Gasteiger partial charge on any atom is -0.484 e. The van der Waals surface area contributed by atoms with E-state index in [0.29, 0.717) is 5.75 Å². The molecule has 0 aliphatic heterocycles. The molecule has 0 bridgehead atoms. The predicted octanol–water partition coefficient (Wildman–Crippen LogP) is 5.22. The molecule has 0 aliphatic carbocycles. The normalized spacial score (nSPS) is 11.0. The van der Waals surface area contributed by atoms with E-state index in [1.165, 1.54) is 5.56 Å². The lowest BCUT2D eigenvalue weighted by Gasteiger charge is -2.09. The van der Waals surface area contributed by atoms with Crippen molar-refractivity contribution in [3.05, 3.63) is 71.8 Å². The van der Waals surface area contributed by atoms with E-state index in [-0.39, 0.29) is 12.5 Å². The molecule has 3 aromatic carbocycles. The second-order valence-electron chi connectivity index (χ2n) is 6.39. The van der Waals surface area contributed by atoms with Gasteiger partial charge in [-0.1, -0.05) is 24.3 Å². The van der Waals surface area contributed by atoms with Crippen molar-refractivity contribution < 1.29 is 13.9 Å². The minimum absolute atomic E-state index is 0.0350. The molecule has 0 atom stereocenters. The van der Waals surface area contributed by atoms with Crippen LogP contribution in [0.5, 0.6) is 5.75 Å². The number of carbonyl (C=O) groups excluding carboxylic acids is 1. The smallest absolute Gasteiger partial charge is 0.262 e. The lowest BCUT2D eigenvalue weighted by atomic mass is 10.1. The van der Waals surface area contributed by atoms with E-state index >= 15 is 0 Å². The zero-order valence-electron chi connectivity index (χ0n) is 14.7. The van der Waals surface area contributed by atoms with Gasteiger partial charge in [0.2, 0.25) is 0 Å². The first-order valence-electron chi connectivity index (χ1n) is 8.51. The SMILES string of the molecule is Cc1ccc(OCC(=O)Nc2ccc3oc4ccccc4c3c2)cc1C. The standard InChI is InChI=1S/C22H19NO3/c1-14-7-9-17(11-15(14)2)25-13-22(24)23-16-8-10-21-19(12-16)18-5-3-4-6-20(18)26-21/h3-12H,13H2,1-2H3,(H,23,24). The lowest BCUT2D eigenvalue weighted by molar-refractivity contribution is -0.118. The Kier molecular flexibility index (Phi) is 4.09. The zero-order chi connectivity index (χ0) is 18.1. The van der Waals surface area contributed by atoms with E-state index in [4.69, 9.17) is 9.15 Å². The third-order valence-corrected chi connectivity index (χ3v) is 4.51. The molecule has 1 aromatic heterocycles. The van der Waals surface area contributed by atoms with Crippen LogP contribution in [0.25, 0.3) is 21.9 Å². The molecule has 0 unspecified atom stereocenters. The van der Waals surface area contributed by atoms with Crippen LogP contribution in [0.3, 0.4) is 0 Å². The fourth-order valence-corrected chi connectivity index (χ4v) is 2.95. The summed E-state index contributed by atoms with van der Waals surface area (Å²) in [6.07, 6.45) is 0. The van der Waals surface area contributed by atoms with Crippen LogP contribution in [0.15, 0.2) is 65.1 Å². The summed E-state index contributed by atoms with van der Waals surface area (Å²) in [5.41, 5.74) is 4.69. The van der Waals surface area contributed by atoms with Crippen molar-refractivity contribution >= 4 is 33.5 Å². The van der Waals surface area contributed by atoms with Gasteiger partial charge in [0.15, 0.2) is 6.61 Å². The predicted molar refractivity (Wildman–Crippen MR) is 104 cm³/mol. The number of hydrogen-bond donors (Lipinski definition) is 1. The van der Waals surface area contributed by atoms with Gasteiger partial charge in [0.25, 0.3) is 5.91 Å². The molecule has 26 heavy (non-hydrogen) atoms. The summed E-state index contributed by atoms with van der Waals surface area (Å²) in [5.74, 6) is 0.495. The van der Waals surface area contributed by atoms with Gasteiger partial charge in [-0.25, -0.2) is 0 Å². The topological polar surface area (TPSA) is 51.5 Å². The van der Waals surface area contributed by atoms with Crippen molar-refractivity contribution in [1.29, 1.82) is 0 Å². The van der Waals surface area contributed by atoms with Gasteiger partial charge >= 0.3 is 0 Å². The summed E-state index contributed by atoms with van der Waals surface area (Å²) in [6, 6.07) is 19.3. The van der Waals surface area contributed by atoms with E-state index in [9.17, 15) is 4.79 Å². The molecule has 4 aromatic rings. The Balaban J connectivity index is 1.48. The molecule has 0 radical (unpaired) electrons. The van der Waals surface area contributed by atoms with Gasteiger partial charge in [-0.15, -0.1) is 0 Å². The molecule has 4 nitrogen and oxygen atoms in total. The highest BCUT2D eigenvalue weighted by Gasteiger charge is 2.09. The number of carbonyl (C=O) groups is 1. The minimum atomic E-state index is -0.199. The van der Waals surface area contributed by atoms with Crippen molar-refractivity contribution in [3.8, 4) is 5.75 Å². The van der Waals surface area contributed by atoms with Crippen molar-refractivity contribution in [3.63, 3.8) is 0 Å². The molecule has 1 amide bonds. The molecule has 130 valence electrons. The molecule has 0 aliphatic rings. The molecule has 1 heterocycles. The quantitative estimate of drug-likeness (QED) is 0.552. The summed E-state index contributed by atoms with van der Waals surface area (Å²) < 4.78 is 11.4. The van der Waals surface area contributed by atoms with Crippen molar-refractivity contribution in [2.45, 2.75) is 13.8 Å². The first-order valence-corrected chi connectivity index (χ1v) is 8.51. The van der Waals surface area contributed by atoms with Gasteiger partial charge in [0.1, 0.15) is 16.9 Å². The molecule has 4 rings (SSSR count). The average Bonchev–Trinajstić information content (AvgIpc) is 3.01. The molecule has 1 N–H and O–H groups in total. The Morgan fingerprint density at radius 2 is 1.73 bits per heavy atom. The van der Waals surface area contributed by atoms with Crippen molar-refractivity contribution in [2.24, 2.45) is 0 Å². The average molecular weight is 345 g/mol. The number of para-hydroxylation sites is 1. The van der Waals surface area contributed by atoms with Gasteiger partial charge in [0, 0.05) is 16.5 Å². The van der Waals surface area contributed by atoms with E-state index in [0.717, 1.165) is 33.2 Å². The molecular formula is C22H19NO3. The van der Waals surface area contributed by atoms with Gasteiger partial charge in [0.05, 0.1) is 0 Å². The van der Waals surface area contributed by atoms with Crippen LogP contribution < -0.4 is 10.1 Å². The van der Waals surface area contributed by atoms with Crippen LogP contribution >= 0.6 is 0 Å². The summed E-state index contributed by atoms with van der Waals surface area (Å²) in [6.45, 7) is 4.03. The molecule has 0 saturated carbocycles. The number of fused-ring (bicyclic) bond motifs is 3. The maximum Gasteiger partial charge on any atom is 0.262 e. The summed E-state index contributed by atoms with van der Waals surface area (Å²) >= 11 is 0. The lowest BCUT2D eigenvalue weighted by Crippen LogP contribution is -2.20. The number of amides is 1. The first kappa shape index (κ1) is 16.2. The van der Waals surface area contributed by atoms with Crippen LogP contribution in [0, 0.1) is 13.8 Å². The fraction of sp³-hybridized carbons (Fsp3) is 0.136. The summed E-state index contributed by atoms with van der Waals surface area (Å²) in [7, 11) is 0. The van der Waals surface area contributed by atoms with Gasteiger partial charge in [-0.3, -0.25) is 4.79 Å². The summed E-state index contributed by atoms with van der Waals surface area (Å²) in [5, 5.41) is 4.89. The largest absolute Gasteiger partial charge is 0.484 e. The van der Waals surface area contributed by atoms with E-state index in [1.807, 2.05) is 74.5 Å². The van der Waals surface area contributed by atoms with E-state index in [1.54, 1.807) is 0 Å². The number of aryl methyl sites for hydroxylation is 2. The van der Waals surface area contributed by atoms with Crippen LogP contribution in [-0.2, 0) is 4.79 Å². The molecule has 0 fully saturated rings. The number of hydrogen-bond acceptors (Lipinski definition) is 3. The molecule has 0 spiro atoms. The Labute approximate surface area is 151 Å². The van der Waals surface area contributed by atoms with Crippen molar-refractivity contribution in [1.82, 2.24) is 0 Å². The highest BCUT2D eigenvalue weighted by atomic mass is 16.5. The highest BCUT2D eigenvalue weighted by molar-refractivity contribution is 6.07. The van der Waals surface area contributed by atoms with Crippen LogP contribution in [0.2, 0.25) is 0 Å². The number of furan rings is 1. The first-order chi connectivity index (χ1) is 12.6. The van der Waals surface area contributed by atoms with Gasteiger partial charge in [-0.05, 0) is 61.4 Å². The third kappa shape index (κ3) is 3.14. The molecule has 0 saturated heterocycles. The highest BCUT2D eigenvalue weighted by Crippen LogP contribution is 2.30. The molecular weight excluding hydrogens is 326 g/mol. The number of rotatable bonds is 4. The Bertz CT molecular complexity index is 1110. The maximum absolute atomic E-state index is 12.2. The van der Waals surface area contributed by atoms with E-state index in [2.05, 4.69) is 5.32 Å². The zero-order valence-corrected chi connectivity index (χ0v) is 14.7. The Morgan fingerprint density at radius 1 is 0.923 bits per heavy atom. The van der Waals surface area contributed by atoms with Crippen LogP contribution in [0.4, 0.5) is 5.69 Å². The van der Waals surface area contributed by atoms with Crippen molar-refractivity contribution in [2.75, 3.05) is 11.9 Å². The van der Waals surface area contributed by atoms with Crippen LogP contribution in [0.1, 0.15) is 11.1 Å². The number of benzene rings is 3.